The van der Waals surface area contributed by atoms with Gasteiger partial charge in [-0.3, -0.25) is 4.99 Å². The van der Waals surface area contributed by atoms with Crippen molar-refractivity contribution in [2.45, 2.75) is 30.6 Å². The summed E-state index contributed by atoms with van der Waals surface area (Å²) in [6.45, 7) is 1.86. The molecule has 0 aromatic rings. The molecule has 0 aromatic heterocycles. The Bertz CT molecular complexity index is 195. The van der Waals surface area contributed by atoms with Crippen LogP contribution in [0.1, 0.15) is 19.3 Å². The minimum absolute atomic E-state index is 0.111. The Hall–Kier alpha value is -0.220. The molecule has 2 rings (SSSR count). The predicted octanol–water partition coefficient (Wildman–Crippen LogP) is 0.592. The van der Waals surface area contributed by atoms with Gasteiger partial charge in [-0.05, 0) is 19.3 Å². The van der Waals surface area contributed by atoms with Gasteiger partial charge in [-0.2, -0.15) is 0 Å². The van der Waals surface area contributed by atoms with Gasteiger partial charge in [-0.25, -0.2) is 0 Å². The second kappa shape index (κ2) is 3.66. The van der Waals surface area contributed by atoms with Crippen molar-refractivity contribution in [2.75, 3.05) is 13.1 Å². The zero-order valence-corrected chi connectivity index (χ0v) is 7.81. The summed E-state index contributed by atoms with van der Waals surface area (Å²) in [5, 5.41) is 14.2. The summed E-state index contributed by atoms with van der Waals surface area (Å²) in [5.74, 6) is 0. The van der Waals surface area contributed by atoms with Crippen molar-refractivity contribution in [3.05, 3.63) is 0 Å². The van der Waals surface area contributed by atoms with Crippen LogP contribution < -0.4 is 5.32 Å². The van der Waals surface area contributed by atoms with Gasteiger partial charge >= 0.3 is 0 Å². The molecule has 0 spiro atoms. The minimum Gasteiger partial charge on any atom is -0.392 e. The van der Waals surface area contributed by atoms with Crippen molar-refractivity contribution < 1.29 is 5.11 Å². The van der Waals surface area contributed by atoms with Crippen molar-refractivity contribution in [2.24, 2.45) is 4.99 Å². The molecule has 4 heteroatoms. The average molecular weight is 186 g/mol. The standard InChI is InChI=1S/C8H14N2OS/c11-6-2-1-3-7(6)12-8-9-4-5-10-8/h6-7,11H,1-5H2,(H,9,10). The third-order valence-corrected chi connectivity index (χ3v) is 3.67. The van der Waals surface area contributed by atoms with Gasteiger partial charge in [-0.1, -0.05) is 11.8 Å². The molecule has 2 N–H and O–H groups in total. The molecule has 3 nitrogen and oxygen atoms in total. The molecule has 1 saturated carbocycles. The summed E-state index contributed by atoms with van der Waals surface area (Å²) >= 11 is 1.71. The lowest BCUT2D eigenvalue weighted by Crippen LogP contribution is -2.22. The second-order valence-corrected chi connectivity index (χ2v) is 4.50. The monoisotopic (exact) mass is 186 g/mol. The first-order chi connectivity index (χ1) is 5.86. The number of nitrogens with zero attached hydrogens (tertiary/aromatic N) is 1. The molecule has 12 heavy (non-hydrogen) atoms. The highest BCUT2D eigenvalue weighted by atomic mass is 32.2. The number of aliphatic hydroxyl groups excluding tert-OH is 1. The second-order valence-electron chi connectivity index (χ2n) is 3.27. The first kappa shape index (κ1) is 8.38. The van der Waals surface area contributed by atoms with E-state index in [4.69, 9.17) is 0 Å². The fourth-order valence-corrected chi connectivity index (χ4v) is 2.86. The van der Waals surface area contributed by atoms with Crippen molar-refractivity contribution >= 4 is 16.9 Å². The van der Waals surface area contributed by atoms with Crippen molar-refractivity contribution in [1.29, 1.82) is 0 Å². The Balaban J connectivity index is 1.85. The van der Waals surface area contributed by atoms with Crippen LogP contribution in [-0.4, -0.2) is 34.7 Å². The Morgan fingerprint density at radius 2 is 2.42 bits per heavy atom. The predicted molar refractivity (Wildman–Crippen MR) is 51.5 cm³/mol. The number of nitrogens with one attached hydrogen (secondary N) is 1. The minimum atomic E-state index is -0.111. The molecule has 2 aliphatic rings. The maximum absolute atomic E-state index is 9.55. The Kier molecular flexibility index (Phi) is 2.56. The highest BCUT2D eigenvalue weighted by molar-refractivity contribution is 8.14. The molecule has 0 amide bonds. The van der Waals surface area contributed by atoms with Crippen LogP contribution in [0.3, 0.4) is 0 Å². The van der Waals surface area contributed by atoms with E-state index in [-0.39, 0.29) is 6.10 Å². The van der Waals surface area contributed by atoms with Crippen LogP contribution in [0.15, 0.2) is 4.99 Å². The lowest BCUT2D eigenvalue weighted by Gasteiger charge is -2.13. The number of amidine groups is 1. The molecule has 68 valence electrons. The van der Waals surface area contributed by atoms with Crippen LogP contribution >= 0.6 is 11.8 Å². The van der Waals surface area contributed by atoms with Crippen molar-refractivity contribution in [3.8, 4) is 0 Å². The molecular formula is C8H14N2OS. The van der Waals surface area contributed by atoms with Gasteiger partial charge in [0.2, 0.25) is 0 Å². The average Bonchev–Trinajstić information content (AvgIpc) is 2.65. The van der Waals surface area contributed by atoms with Crippen LogP contribution in [0.5, 0.6) is 0 Å². The maximum atomic E-state index is 9.55. The van der Waals surface area contributed by atoms with Crippen LogP contribution in [-0.2, 0) is 0 Å². The fraction of sp³-hybridized carbons (Fsp3) is 0.875. The van der Waals surface area contributed by atoms with Gasteiger partial charge in [0, 0.05) is 11.8 Å². The van der Waals surface area contributed by atoms with Gasteiger partial charge < -0.3 is 10.4 Å². The van der Waals surface area contributed by atoms with E-state index in [0.717, 1.165) is 37.5 Å². The summed E-state index contributed by atoms with van der Waals surface area (Å²) in [4.78, 5) is 4.29. The topological polar surface area (TPSA) is 44.6 Å². The lowest BCUT2D eigenvalue weighted by molar-refractivity contribution is 0.188. The first-order valence-electron chi connectivity index (χ1n) is 4.49. The van der Waals surface area contributed by atoms with E-state index in [2.05, 4.69) is 10.3 Å². The summed E-state index contributed by atoms with van der Waals surface area (Å²) in [7, 11) is 0. The number of rotatable bonds is 1. The largest absolute Gasteiger partial charge is 0.392 e. The van der Waals surface area contributed by atoms with E-state index >= 15 is 0 Å². The van der Waals surface area contributed by atoms with E-state index in [1.807, 2.05) is 0 Å². The molecule has 0 aromatic carbocycles. The SMILES string of the molecule is OC1CCCC1SC1=NCCN1. The van der Waals surface area contributed by atoms with Crippen molar-refractivity contribution in [3.63, 3.8) is 0 Å². The zero-order valence-electron chi connectivity index (χ0n) is 6.99. The smallest absolute Gasteiger partial charge is 0.157 e. The molecule has 2 unspecified atom stereocenters. The maximum Gasteiger partial charge on any atom is 0.157 e. The number of hydrogen-bond donors (Lipinski definition) is 2. The van der Waals surface area contributed by atoms with Gasteiger partial charge in [-0.15, -0.1) is 0 Å². The molecule has 1 fully saturated rings. The molecule has 2 atom stereocenters. The van der Waals surface area contributed by atoms with Crippen LogP contribution in [0.2, 0.25) is 0 Å². The van der Waals surface area contributed by atoms with Crippen LogP contribution in [0.25, 0.3) is 0 Å². The normalized spacial score (nSPS) is 34.9. The Morgan fingerprint density at radius 1 is 1.50 bits per heavy atom. The van der Waals surface area contributed by atoms with E-state index in [1.54, 1.807) is 11.8 Å². The number of aliphatic hydroxyl groups is 1. The summed E-state index contributed by atoms with van der Waals surface area (Å²) < 4.78 is 0. The Morgan fingerprint density at radius 3 is 3.00 bits per heavy atom. The van der Waals surface area contributed by atoms with Crippen LogP contribution in [0.4, 0.5) is 0 Å². The quantitative estimate of drug-likeness (QED) is 0.630. The first-order valence-corrected chi connectivity index (χ1v) is 5.37. The van der Waals surface area contributed by atoms with E-state index in [1.165, 1.54) is 0 Å². The lowest BCUT2D eigenvalue weighted by atomic mass is 10.3. The highest BCUT2D eigenvalue weighted by Crippen LogP contribution is 2.30. The molecule has 1 heterocycles. The molecular weight excluding hydrogens is 172 g/mol. The van der Waals surface area contributed by atoms with Crippen molar-refractivity contribution in [1.82, 2.24) is 5.32 Å². The molecule has 1 aliphatic carbocycles. The molecule has 0 saturated heterocycles. The third-order valence-electron chi connectivity index (χ3n) is 2.32. The van der Waals surface area contributed by atoms with Gasteiger partial charge in [0.1, 0.15) is 0 Å². The van der Waals surface area contributed by atoms with Gasteiger partial charge in [0.05, 0.1) is 12.6 Å². The van der Waals surface area contributed by atoms with Crippen LogP contribution in [0, 0.1) is 0 Å². The number of thioether (sulfide) groups is 1. The van der Waals surface area contributed by atoms with Gasteiger partial charge in [0.15, 0.2) is 5.17 Å². The summed E-state index contributed by atoms with van der Waals surface area (Å²) in [5.41, 5.74) is 0. The number of aliphatic imine (C=N–C) groups is 1. The Labute approximate surface area is 76.6 Å². The summed E-state index contributed by atoms with van der Waals surface area (Å²) in [6.07, 6.45) is 3.14. The van der Waals surface area contributed by atoms with E-state index in [9.17, 15) is 5.11 Å². The van der Waals surface area contributed by atoms with E-state index < -0.39 is 0 Å². The number of hydrogen-bond acceptors (Lipinski definition) is 4. The molecule has 0 radical (unpaired) electrons. The molecule has 0 bridgehead atoms. The third kappa shape index (κ3) is 1.75. The zero-order chi connectivity index (χ0) is 8.39. The fourth-order valence-electron chi connectivity index (χ4n) is 1.64. The van der Waals surface area contributed by atoms with E-state index in [0.29, 0.717) is 5.25 Å². The highest BCUT2D eigenvalue weighted by Gasteiger charge is 2.27. The van der Waals surface area contributed by atoms with Gasteiger partial charge in [0.25, 0.3) is 0 Å². The summed E-state index contributed by atoms with van der Waals surface area (Å²) in [6, 6.07) is 0. The molecule has 1 aliphatic heterocycles.